The molecule has 0 unspecified atom stereocenters. The number of hydrogen-bond acceptors (Lipinski definition) is 7. The number of carbonyl (C=O) groups is 7. The van der Waals surface area contributed by atoms with Gasteiger partial charge in [0.15, 0.2) is 0 Å². The first-order valence-electron chi connectivity index (χ1n) is 19.4. The third kappa shape index (κ3) is 23.3. The highest BCUT2D eigenvalue weighted by molar-refractivity contribution is 5.87. The fourth-order valence-electron chi connectivity index (χ4n) is 6.84. The molecule has 0 aromatic heterocycles. The van der Waals surface area contributed by atoms with Gasteiger partial charge in [-0.05, 0) is 64.2 Å². The Morgan fingerprint density at radius 2 is 1.00 bits per heavy atom. The van der Waals surface area contributed by atoms with Gasteiger partial charge in [0.25, 0.3) is 0 Å². The molecule has 1 saturated carbocycles. The fraction of sp³-hybridized carbons (Fsp3) is 0.821. The number of unbranched alkanes of at least 4 members (excludes halogenated alkanes) is 13. The molecule has 1 rings (SSSR count). The standard InChI is InChI=1S/C39H65NO10/c1-29(41)18-21-32(38(47)48)26-34(42)25-24-33(39(49)50)27-35(43)31-22-19-30(20-23-31)28-40-36(44)16-14-12-10-8-6-4-2-3-5-7-9-11-13-15-17-37(45)46/h30-33H,2-28H2,1H3,(H,40,44)(H,45,46)(H,47,48)(H,49,50)/t30?,31?,32-,33-/m1/s1. The van der Waals surface area contributed by atoms with Crippen molar-refractivity contribution in [3.63, 3.8) is 0 Å². The summed E-state index contributed by atoms with van der Waals surface area (Å²) in [5.74, 6) is -5.50. The van der Waals surface area contributed by atoms with Crippen LogP contribution in [0.4, 0.5) is 0 Å². The normalized spacial score (nSPS) is 17.1. The minimum Gasteiger partial charge on any atom is -0.481 e. The Morgan fingerprint density at radius 3 is 1.46 bits per heavy atom. The molecule has 50 heavy (non-hydrogen) atoms. The highest BCUT2D eigenvalue weighted by atomic mass is 16.4. The molecule has 11 nitrogen and oxygen atoms in total. The molecular formula is C39H65NO10. The van der Waals surface area contributed by atoms with Crippen molar-refractivity contribution in [2.24, 2.45) is 23.7 Å². The van der Waals surface area contributed by atoms with Crippen LogP contribution in [0.3, 0.4) is 0 Å². The van der Waals surface area contributed by atoms with E-state index in [9.17, 15) is 43.8 Å². The fourth-order valence-corrected chi connectivity index (χ4v) is 6.84. The number of carbonyl (C=O) groups excluding carboxylic acids is 4. The maximum absolute atomic E-state index is 12.9. The van der Waals surface area contributed by atoms with Crippen LogP contribution in [0.15, 0.2) is 0 Å². The van der Waals surface area contributed by atoms with Crippen LogP contribution in [0.1, 0.15) is 174 Å². The Hall–Kier alpha value is -3.11. The first-order valence-corrected chi connectivity index (χ1v) is 19.4. The summed E-state index contributed by atoms with van der Waals surface area (Å²) in [7, 11) is 0. The van der Waals surface area contributed by atoms with Gasteiger partial charge in [-0.1, -0.05) is 77.0 Å². The molecule has 0 aromatic carbocycles. The van der Waals surface area contributed by atoms with Gasteiger partial charge < -0.3 is 25.4 Å². The van der Waals surface area contributed by atoms with E-state index in [0.717, 1.165) is 51.4 Å². The van der Waals surface area contributed by atoms with Crippen LogP contribution in [0.5, 0.6) is 0 Å². The molecule has 0 radical (unpaired) electrons. The third-order valence-electron chi connectivity index (χ3n) is 10.2. The van der Waals surface area contributed by atoms with E-state index in [2.05, 4.69) is 5.32 Å². The maximum atomic E-state index is 12.9. The number of aliphatic carboxylic acids is 3. The number of nitrogens with one attached hydrogen (secondary N) is 1. The second kappa shape index (κ2) is 27.6. The van der Waals surface area contributed by atoms with Crippen molar-refractivity contribution in [3.8, 4) is 0 Å². The smallest absolute Gasteiger partial charge is 0.306 e. The highest BCUT2D eigenvalue weighted by Crippen LogP contribution is 2.31. The number of carboxylic acids is 3. The van der Waals surface area contributed by atoms with Crippen LogP contribution in [0.2, 0.25) is 0 Å². The van der Waals surface area contributed by atoms with Gasteiger partial charge in [0.1, 0.15) is 17.3 Å². The Balaban J connectivity index is 2.12. The quantitative estimate of drug-likeness (QED) is 0.0504. The van der Waals surface area contributed by atoms with E-state index in [1.807, 2.05) is 0 Å². The van der Waals surface area contributed by atoms with Gasteiger partial charge in [0, 0.05) is 51.0 Å². The van der Waals surface area contributed by atoms with Crippen LogP contribution >= 0.6 is 0 Å². The molecular weight excluding hydrogens is 642 g/mol. The molecule has 0 aliphatic heterocycles. The molecule has 0 spiro atoms. The van der Waals surface area contributed by atoms with E-state index < -0.39 is 29.7 Å². The van der Waals surface area contributed by atoms with E-state index in [-0.39, 0.29) is 74.1 Å². The Bertz CT molecular complexity index is 1050. The first kappa shape index (κ1) is 44.9. The molecule has 0 aromatic rings. The maximum Gasteiger partial charge on any atom is 0.306 e. The van der Waals surface area contributed by atoms with Crippen molar-refractivity contribution >= 4 is 41.2 Å². The number of carboxylic acid groups (broad SMARTS) is 3. The number of Topliss-reactive ketones (excluding diaryl/α,β-unsaturated/α-hetero) is 3. The van der Waals surface area contributed by atoms with Crippen LogP contribution < -0.4 is 5.32 Å². The largest absolute Gasteiger partial charge is 0.481 e. The van der Waals surface area contributed by atoms with Crippen molar-refractivity contribution in [2.75, 3.05) is 6.54 Å². The predicted octanol–water partition coefficient (Wildman–Crippen LogP) is 7.70. The van der Waals surface area contributed by atoms with Crippen LogP contribution in [0, 0.1) is 23.7 Å². The van der Waals surface area contributed by atoms with Crippen molar-refractivity contribution in [1.82, 2.24) is 5.32 Å². The van der Waals surface area contributed by atoms with Gasteiger partial charge in [-0.2, -0.15) is 0 Å². The van der Waals surface area contributed by atoms with Gasteiger partial charge in [0.05, 0.1) is 11.8 Å². The summed E-state index contributed by atoms with van der Waals surface area (Å²) in [6.07, 6.45) is 19.2. The summed E-state index contributed by atoms with van der Waals surface area (Å²) in [5, 5.41) is 30.7. The van der Waals surface area contributed by atoms with Gasteiger partial charge >= 0.3 is 17.9 Å². The molecule has 4 N–H and O–H groups in total. The zero-order chi connectivity index (χ0) is 37.1. The molecule has 0 saturated heterocycles. The summed E-state index contributed by atoms with van der Waals surface area (Å²) < 4.78 is 0. The molecule has 1 aliphatic carbocycles. The lowest BCUT2D eigenvalue weighted by Gasteiger charge is -2.28. The lowest BCUT2D eigenvalue weighted by Crippen LogP contribution is -2.33. The van der Waals surface area contributed by atoms with E-state index >= 15 is 0 Å². The topological polar surface area (TPSA) is 192 Å². The van der Waals surface area contributed by atoms with Gasteiger partial charge in [0.2, 0.25) is 5.91 Å². The Kier molecular flexibility index (Phi) is 24.8. The number of ketones is 3. The second-order valence-corrected chi connectivity index (χ2v) is 14.6. The molecule has 1 fully saturated rings. The minimum atomic E-state index is -1.16. The average molecular weight is 708 g/mol. The Morgan fingerprint density at radius 1 is 0.560 bits per heavy atom. The van der Waals surface area contributed by atoms with Crippen molar-refractivity contribution in [2.45, 2.75) is 174 Å². The van der Waals surface area contributed by atoms with Crippen LogP contribution in [-0.4, -0.2) is 63.0 Å². The van der Waals surface area contributed by atoms with Crippen molar-refractivity contribution in [3.05, 3.63) is 0 Å². The predicted molar refractivity (Wildman–Crippen MR) is 191 cm³/mol. The SMILES string of the molecule is CC(=O)CC[C@H](CC(=O)CC[C@H](CC(=O)C1CCC(CNC(=O)CCCCCCCCCCCCCCCCC(=O)O)CC1)C(=O)O)C(=O)O. The van der Waals surface area contributed by atoms with Crippen molar-refractivity contribution in [1.29, 1.82) is 0 Å². The molecule has 1 amide bonds. The van der Waals surface area contributed by atoms with Gasteiger partial charge in [-0.3, -0.25) is 28.8 Å². The summed E-state index contributed by atoms with van der Waals surface area (Å²) in [4.78, 5) is 82.6. The monoisotopic (exact) mass is 707 g/mol. The zero-order valence-corrected chi connectivity index (χ0v) is 30.6. The number of amides is 1. The molecule has 286 valence electrons. The second-order valence-electron chi connectivity index (χ2n) is 14.6. The molecule has 0 bridgehead atoms. The number of hydrogen-bond donors (Lipinski definition) is 4. The molecule has 1 aliphatic rings. The Labute approximate surface area is 299 Å². The third-order valence-corrected chi connectivity index (χ3v) is 10.2. The lowest BCUT2D eigenvalue weighted by molar-refractivity contribution is -0.146. The molecule has 0 heterocycles. The molecule has 2 atom stereocenters. The summed E-state index contributed by atoms with van der Waals surface area (Å²) >= 11 is 0. The zero-order valence-electron chi connectivity index (χ0n) is 30.6. The van der Waals surface area contributed by atoms with Gasteiger partial charge in [-0.15, -0.1) is 0 Å². The summed E-state index contributed by atoms with van der Waals surface area (Å²) in [5.41, 5.74) is 0. The van der Waals surface area contributed by atoms with E-state index in [0.29, 0.717) is 31.7 Å². The molecule has 11 heteroatoms. The first-order chi connectivity index (χ1) is 23.9. The van der Waals surface area contributed by atoms with E-state index in [1.54, 1.807) is 0 Å². The van der Waals surface area contributed by atoms with Gasteiger partial charge in [-0.25, -0.2) is 0 Å². The van der Waals surface area contributed by atoms with E-state index in [4.69, 9.17) is 5.11 Å². The lowest BCUT2D eigenvalue weighted by atomic mass is 9.77. The van der Waals surface area contributed by atoms with Crippen molar-refractivity contribution < 1.29 is 48.9 Å². The summed E-state index contributed by atoms with van der Waals surface area (Å²) in [6, 6.07) is 0. The highest BCUT2D eigenvalue weighted by Gasteiger charge is 2.31. The number of rotatable bonds is 32. The van der Waals surface area contributed by atoms with E-state index in [1.165, 1.54) is 58.3 Å². The van der Waals surface area contributed by atoms with Crippen LogP contribution in [-0.2, 0) is 33.6 Å². The minimum absolute atomic E-state index is 0.0257. The van der Waals surface area contributed by atoms with Crippen LogP contribution in [0.25, 0.3) is 0 Å². The summed E-state index contributed by atoms with van der Waals surface area (Å²) in [6.45, 7) is 1.95. The average Bonchev–Trinajstić information content (AvgIpc) is 3.06.